The quantitative estimate of drug-likeness (QED) is 0.586. The molecule has 2 aromatic heterocycles. The Morgan fingerprint density at radius 3 is 3.00 bits per heavy atom. The van der Waals surface area contributed by atoms with E-state index in [9.17, 15) is 4.79 Å². The molecule has 0 aliphatic carbocycles. The number of carbonyl (C=O) groups is 1. The lowest BCUT2D eigenvalue weighted by atomic mass is 9.95. The second-order valence-corrected chi connectivity index (χ2v) is 3.62. The fourth-order valence-corrected chi connectivity index (χ4v) is 1.73. The van der Waals surface area contributed by atoms with Gasteiger partial charge in [-0.1, -0.05) is 18.1 Å². The summed E-state index contributed by atoms with van der Waals surface area (Å²) in [5.41, 5.74) is 2.77. The van der Waals surface area contributed by atoms with E-state index in [0.717, 1.165) is 11.2 Å². The van der Waals surface area contributed by atoms with E-state index >= 15 is 0 Å². The smallest absolute Gasteiger partial charge is 0.339 e. The third-order valence-electron chi connectivity index (χ3n) is 2.55. The van der Waals surface area contributed by atoms with Crippen LogP contribution in [0, 0.1) is 0 Å². The van der Waals surface area contributed by atoms with Gasteiger partial charge in [-0.2, -0.15) is 0 Å². The summed E-state index contributed by atoms with van der Waals surface area (Å²) in [6.07, 6.45) is 3.42. The summed E-state index contributed by atoms with van der Waals surface area (Å²) in [5.74, 6) is -0.342. The number of esters is 1. The van der Waals surface area contributed by atoms with E-state index in [1.807, 2.05) is 10.5 Å². The molecule has 0 saturated carbocycles. The summed E-state index contributed by atoms with van der Waals surface area (Å²) in [6, 6.07) is 5.37. The van der Waals surface area contributed by atoms with Crippen LogP contribution in [0.2, 0.25) is 0 Å². The highest BCUT2D eigenvalue weighted by Crippen LogP contribution is 2.13. The van der Waals surface area contributed by atoms with Crippen LogP contribution in [0.3, 0.4) is 0 Å². The Bertz CT molecular complexity index is 586. The van der Waals surface area contributed by atoms with E-state index in [4.69, 9.17) is 12.6 Å². The van der Waals surface area contributed by atoms with Gasteiger partial charge in [0, 0.05) is 17.4 Å². The van der Waals surface area contributed by atoms with Gasteiger partial charge in [0.2, 0.25) is 0 Å². The minimum atomic E-state index is -0.342. The number of hydrogen-bond donors (Lipinski definition) is 0. The molecule has 0 aliphatic heterocycles. The van der Waals surface area contributed by atoms with Gasteiger partial charge in [0.05, 0.1) is 12.2 Å². The lowest BCUT2D eigenvalue weighted by Gasteiger charge is -2.03. The van der Waals surface area contributed by atoms with Crippen LogP contribution in [0.1, 0.15) is 23.0 Å². The van der Waals surface area contributed by atoms with Crippen LogP contribution in [-0.2, 0) is 4.74 Å². The number of pyridine rings is 1. The summed E-state index contributed by atoms with van der Waals surface area (Å²) in [4.78, 5) is 11.6. The Kier molecular flexibility index (Phi) is 3.05. The Morgan fingerprint density at radius 2 is 2.35 bits per heavy atom. The van der Waals surface area contributed by atoms with Gasteiger partial charge in [0.15, 0.2) is 0 Å². The van der Waals surface area contributed by atoms with Crippen LogP contribution in [-0.4, -0.2) is 24.8 Å². The van der Waals surface area contributed by atoms with Crippen molar-refractivity contribution in [3.63, 3.8) is 0 Å². The second kappa shape index (κ2) is 4.49. The molecule has 3 nitrogen and oxygen atoms in total. The van der Waals surface area contributed by atoms with E-state index in [1.54, 1.807) is 31.3 Å². The molecule has 0 bridgehead atoms. The molecule has 2 rings (SSSR count). The van der Waals surface area contributed by atoms with Crippen molar-refractivity contribution in [2.45, 2.75) is 6.92 Å². The van der Waals surface area contributed by atoms with Crippen LogP contribution in [0.4, 0.5) is 0 Å². The van der Waals surface area contributed by atoms with Crippen LogP contribution in [0.15, 0.2) is 31.0 Å². The third-order valence-corrected chi connectivity index (χ3v) is 2.55. The lowest BCUT2D eigenvalue weighted by Crippen LogP contribution is -2.07. The molecule has 4 heteroatoms. The predicted octanol–water partition coefficient (Wildman–Crippen LogP) is 1.55. The number of fused-ring (bicyclic) bond motifs is 1. The molecule has 0 N–H and O–H groups in total. The number of rotatable bonds is 3. The number of ether oxygens (including phenoxy) is 1. The largest absolute Gasteiger partial charge is 0.462 e. The molecule has 0 aliphatic rings. The molecule has 0 amide bonds. The highest BCUT2D eigenvalue weighted by molar-refractivity contribution is 6.36. The maximum atomic E-state index is 11.6. The van der Waals surface area contributed by atoms with Crippen LogP contribution in [0.5, 0.6) is 0 Å². The summed E-state index contributed by atoms with van der Waals surface area (Å²) >= 11 is 0. The van der Waals surface area contributed by atoms with Crippen molar-refractivity contribution in [3.05, 3.63) is 42.2 Å². The first-order valence-corrected chi connectivity index (χ1v) is 5.37. The lowest BCUT2D eigenvalue weighted by molar-refractivity contribution is 0.0526. The van der Waals surface area contributed by atoms with Gasteiger partial charge >= 0.3 is 5.97 Å². The molecular formula is C13H12BNO2. The molecule has 0 spiro atoms. The molecule has 2 aromatic rings. The van der Waals surface area contributed by atoms with E-state index in [-0.39, 0.29) is 5.97 Å². The van der Waals surface area contributed by atoms with E-state index in [2.05, 4.69) is 6.58 Å². The monoisotopic (exact) mass is 225 g/mol. The second-order valence-electron chi connectivity index (χ2n) is 3.62. The molecular weight excluding hydrogens is 213 g/mol. The van der Waals surface area contributed by atoms with Crippen molar-refractivity contribution in [1.29, 1.82) is 0 Å². The Balaban J connectivity index is 2.59. The van der Waals surface area contributed by atoms with Crippen molar-refractivity contribution in [2.75, 3.05) is 6.61 Å². The molecule has 17 heavy (non-hydrogen) atoms. The zero-order valence-corrected chi connectivity index (χ0v) is 9.64. The van der Waals surface area contributed by atoms with Gasteiger partial charge < -0.3 is 9.14 Å². The number of aromatic nitrogens is 1. The topological polar surface area (TPSA) is 30.7 Å². The highest BCUT2D eigenvalue weighted by atomic mass is 16.5. The SMILES string of the molecule is [B]c1ccc(C=C)n2cc(C(=O)OCC)cc12. The van der Waals surface area contributed by atoms with Gasteiger partial charge in [-0.25, -0.2) is 4.79 Å². The standard InChI is InChI=1S/C13H12BNO2/c1-3-10-5-6-11(14)12-7-9(8-15(10)12)13(16)17-4-2/h3,5-8H,1,4H2,2H3. The molecule has 0 aromatic carbocycles. The van der Waals surface area contributed by atoms with Gasteiger partial charge in [-0.3, -0.25) is 0 Å². The van der Waals surface area contributed by atoms with Crippen molar-refractivity contribution in [2.24, 2.45) is 0 Å². The fraction of sp³-hybridized carbons (Fsp3) is 0.154. The number of nitrogens with zero attached hydrogens (tertiary/aromatic N) is 1. The first kappa shape index (κ1) is 11.5. The average molecular weight is 225 g/mol. The molecule has 0 atom stereocenters. The van der Waals surface area contributed by atoms with Crippen molar-refractivity contribution in [1.82, 2.24) is 4.40 Å². The molecule has 2 radical (unpaired) electrons. The summed E-state index contributed by atoms with van der Waals surface area (Å²) in [7, 11) is 5.86. The summed E-state index contributed by atoms with van der Waals surface area (Å²) in [6.45, 7) is 5.85. The van der Waals surface area contributed by atoms with E-state index < -0.39 is 0 Å². The van der Waals surface area contributed by atoms with Gasteiger partial charge in [0.25, 0.3) is 0 Å². The van der Waals surface area contributed by atoms with Crippen molar-refractivity contribution < 1.29 is 9.53 Å². The van der Waals surface area contributed by atoms with E-state index in [1.165, 1.54) is 0 Å². The van der Waals surface area contributed by atoms with Gasteiger partial charge in [-0.15, -0.1) is 0 Å². The molecule has 2 heterocycles. The third kappa shape index (κ3) is 1.98. The maximum absolute atomic E-state index is 11.6. The maximum Gasteiger partial charge on any atom is 0.339 e. The van der Waals surface area contributed by atoms with Crippen molar-refractivity contribution >= 4 is 30.9 Å². The number of carbonyl (C=O) groups excluding carboxylic acids is 1. The molecule has 0 fully saturated rings. The number of hydrogen-bond acceptors (Lipinski definition) is 2. The van der Waals surface area contributed by atoms with Crippen molar-refractivity contribution in [3.8, 4) is 0 Å². The zero-order valence-electron chi connectivity index (χ0n) is 9.64. The Morgan fingerprint density at radius 1 is 1.59 bits per heavy atom. The van der Waals surface area contributed by atoms with Gasteiger partial charge in [-0.05, 0) is 25.1 Å². The first-order chi connectivity index (χ1) is 8.17. The van der Waals surface area contributed by atoms with Crippen LogP contribution >= 0.6 is 0 Å². The highest BCUT2D eigenvalue weighted by Gasteiger charge is 2.11. The van der Waals surface area contributed by atoms with Crippen LogP contribution < -0.4 is 5.46 Å². The average Bonchev–Trinajstić information content (AvgIpc) is 2.76. The fourth-order valence-electron chi connectivity index (χ4n) is 1.73. The summed E-state index contributed by atoms with van der Waals surface area (Å²) < 4.78 is 6.78. The Hall–Kier alpha value is -1.97. The summed E-state index contributed by atoms with van der Waals surface area (Å²) in [5, 5.41) is 0. The van der Waals surface area contributed by atoms with Gasteiger partial charge in [0.1, 0.15) is 7.85 Å². The molecule has 0 unspecified atom stereocenters. The normalized spacial score (nSPS) is 10.4. The minimum Gasteiger partial charge on any atom is -0.462 e. The molecule has 84 valence electrons. The minimum absolute atomic E-state index is 0.342. The molecule has 0 saturated heterocycles. The Labute approximate surface area is 101 Å². The predicted molar refractivity (Wildman–Crippen MR) is 68.8 cm³/mol. The van der Waals surface area contributed by atoms with E-state index in [0.29, 0.717) is 17.6 Å². The zero-order chi connectivity index (χ0) is 12.4. The first-order valence-electron chi connectivity index (χ1n) is 5.37. The van der Waals surface area contributed by atoms with Crippen LogP contribution in [0.25, 0.3) is 11.6 Å².